The highest BCUT2D eigenvalue weighted by atomic mass is 19.1. The molecule has 3 aromatic rings. The molecule has 2 unspecified atom stereocenters. The zero-order chi connectivity index (χ0) is 21.0. The second kappa shape index (κ2) is 6.65. The lowest BCUT2D eigenvalue weighted by molar-refractivity contribution is -0.124. The summed E-state index contributed by atoms with van der Waals surface area (Å²) in [5.41, 5.74) is 2.80. The third kappa shape index (κ3) is 2.73. The van der Waals surface area contributed by atoms with Crippen LogP contribution in [-0.4, -0.2) is 44.7 Å². The maximum Gasteiger partial charge on any atom is 0.325 e. The summed E-state index contributed by atoms with van der Waals surface area (Å²) in [4.78, 5) is 28.5. The molecule has 3 heterocycles. The molecule has 1 fully saturated rings. The van der Waals surface area contributed by atoms with Crippen molar-refractivity contribution < 1.29 is 14.0 Å². The van der Waals surface area contributed by atoms with Gasteiger partial charge in [0.2, 0.25) is 5.95 Å². The standard InChI is InChI=1S/C21H19FN6O2/c1-12-3-5-13(6-4-12)11-27-16-18(29)23-21(30)26(2)19(16)28-17(24-25-20(27)28)14-7-9-15(22)10-8-14/h3-10,16,19H,11H2,1-2H3,(H,23,29,30). The Hall–Kier alpha value is -3.75. The summed E-state index contributed by atoms with van der Waals surface area (Å²) >= 11 is 0. The number of anilines is 1. The van der Waals surface area contributed by atoms with Crippen LogP contribution in [0.1, 0.15) is 17.3 Å². The first-order valence-electron chi connectivity index (χ1n) is 9.55. The average Bonchev–Trinajstić information content (AvgIpc) is 3.28. The van der Waals surface area contributed by atoms with Gasteiger partial charge in [0.15, 0.2) is 11.9 Å². The third-order valence-electron chi connectivity index (χ3n) is 5.61. The Morgan fingerprint density at radius 3 is 2.43 bits per heavy atom. The molecule has 1 N–H and O–H groups in total. The summed E-state index contributed by atoms with van der Waals surface area (Å²) in [5, 5.41) is 11.0. The molecule has 2 aromatic carbocycles. The van der Waals surface area contributed by atoms with Crippen molar-refractivity contribution >= 4 is 17.9 Å². The number of halogens is 1. The summed E-state index contributed by atoms with van der Waals surface area (Å²) in [6.45, 7) is 2.44. The second-order valence-corrected chi connectivity index (χ2v) is 7.58. The fourth-order valence-electron chi connectivity index (χ4n) is 4.05. The van der Waals surface area contributed by atoms with Gasteiger partial charge in [0.1, 0.15) is 12.0 Å². The minimum absolute atomic E-state index is 0.358. The van der Waals surface area contributed by atoms with Crippen LogP contribution in [0.4, 0.5) is 15.1 Å². The molecule has 1 saturated heterocycles. The van der Waals surface area contributed by atoms with Gasteiger partial charge >= 0.3 is 6.03 Å². The van der Waals surface area contributed by atoms with Gasteiger partial charge in [0, 0.05) is 19.2 Å². The summed E-state index contributed by atoms with van der Waals surface area (Å²) < 4.78 is 15.2. The first kappa shape index (κ1) is 18.3. The molecule has 1 aromatic heterocycles. The molecule has 3 amide bonds. The van der Waals surface area contributed by atoms with E-state index in [1.54, 1.807) is 23.7 Å². The molecule has 0 spiro atoms. The van der Waals surface area contributed by atoms with Crippen molar-refractivity contribution in [2.24, 2.45) is 0 Å². The monoisotopic (exact) mass is 406 g/mol. The normalized spacial score (nSPS) is 20.2. The number of nitrogens with zero attached hydrogens (tertiary/aromatic N) is 5. The van der Waals surface area contributed by atoms with E-state index in [9.17, 15) is 14.0 Å². The average molecular weight is 406 g/mol. The predicted molar refractivity (Wildman–Crippen MR) is 107 cm³/mol. The van der Waals surface area contributed by atoms with Gasteiger partial charge in [-0.3, -0.25) is 14.7 Å². The van der Waals surface area contributed by atoms with E-state index in [4.69, 9.17) is 0 Å². The van der Waals surface area contributed by atoms with E-state index < -0.39 is 18.2 Å². The molecular weight excluding hydrogens is 387 g/mol. The minimum atomic E-state index is -0.654. The quantitative estimate of drug-likeness (QED) is 0.723. The number of imide groups is 1. The molecule has 5 rings (SSSR count). The van der Waals surface area contributed by atoms with Crippen LogP contribution in [0.2, 0.25) is 0 Å². The number of carbonyl (C=O) groups excluding carboxylic acids is 2. The zero-order valence-corrected chi connectivity index (χ0v) is 16.4. The number of benzene rings is 2. The van der Waals surface area contributed by atoms with E-state index in [1.165, 1.54) is 17.0 Å². The van der Waals surface area contributed by atoms with Crippen LogP contribution in [0.3, 0.4) is 0 Å². The highest BCUT2D eigenvalue weighted by Gasteiger charge is 2.52. The summed E-state index contributed by atoms with van der Waals surface area (Å²) in [6.07, 6.45) is -0.609. The number of fused-ring (bicyclic) bond motifs is 3. The summed E-state index contributed by atoms with van der Waals surface area (Å²) in [7, 11) is 1.63. The van der Waals surface area contributed by atoms with Crippen molar-refractivity contribution in [3.63, 3.8) is 0 Å². The number of urea groups is 1. The number of rotatable bonds is 3. The number of amides is 3. The fraction of sp³-hybridized carbons (Fsp3) is 0.238. The van der Waals surface area contributed by atoms with E-state index in [1.807, 2.05) is 36.1 Å². The zero-order valence-electron chi connectivity index (χ0n) is 16.4. The van der Waals surface area contributed by atoms with Crippen LogP contribution >= 0.6 is 0 Å². The summed E-state index contributed by atoms with van der Waals surface area (Å²) in [6, 6.07) is 12.8. The topological polar surface area (TPSA) is 83.4 Å². The number of hydrogen-bond donors (Lipinski definition) is 1. The number of nitrogens with one attached hydrogen (secondary N) is 1. The minimum Gasteiger partial charge on any atom is -0.321 e. The Kier molecular flexibility index (Phi) is 4.05. The molecule has 0 bridgehead atoms. The molecule has 0 saturated carbocycles. The van der Waals surface area contributed by atoms with Gasteiger partial charge in [-0.15, -0.1) is 10.2 Å². The fourth-order valence-corrected chi connectivity index (χ4v) is 4.05. The Bertz CT molecular complexity index is 1140. The van der Waals surface area contributed by atoms with E-state index in [-0.39, 0.29) is 11.7 Å². The second-order valence-electron chi connectivity index (χ2n) is 7.58. The first-order valence-corrected chi connectivity index (χ1v) is 9.55. The van der Waals surface area contributed by atoms with Crippen LogP contribution in [0.25, 0.3) is 11.4 Å². The number of likely N-dealkylation sites (N-methyl/N-ethyl adjacent to an activating group) is 1. The Balaban J connectivity index is 1.63. The largest absolute Gasteiger partial charge is 0.325 e. The van der Waals surface area contributed by atoms with Gasteiger partial charge in [-0.1, -0.05) is 29.8 Å². The lowest BCUT2D eigenvalue weighted by Gasteiger charge is -2.37. The van der Waals surface area contributed by atoms with E-state index in [0.29, 0.717) is 23.9 Å². The number of hydrogen-bond acceptors (Lipinski definition) is 5. The molecule has 9 heteroatoms. The number of aromatic nitrogens is 3. The van der Waals surface area contributed by atoms with Crippen LogP contribution in [0.5, 0.6) is 0 Å². The van der Waals surface area contributed by atoms with Crippen molar-refractivity contribution in [1.82, 2.24) is 25.0 Å². The lowest BCUT2D eigenvalue weighted by atomic mass is 10.1. The molecule has 30 heavy (non-hydrogen) atoms. The van der Waals surface area contributed by atoms with E-state index in [2.05, 4.69) is 15.5 Å². The van der Waals surface area contributed by atoms with E-state index in [0.717, 1.165) is 11.1 Å². The molecule has 152 valence electrons. The number of carbonyl (C=O) groups is 2. The first-order chi connectivity index (χ1) is 14.4. The molecule has 2 atom stereocenters. The molecule has 0 aliphatic carbocycles. The van der Waals surface area contributed by atoms with Crippen LogP contribution in [0.15, 0.2) is 48.5 Å². The highest BCUT2D eigenvalue weighted by molar-refractivity contribution is 6.02. The van der Waals surface area contributed by atoms with Crippen LogP contribution in [0, 0.1) is 12.7 Å². The van der Waals surface area contributed by atoms with Gasteiger partial charge in [-0.25, -0.2) is 9.18 Å². The van der Waals surface area contributed by atoms with Gasteiger partial charge < -0.3 is 9.80 Å². The van der Waals surface area contributed by atoms with Crippen molar-refractivity contribution in [3.05, 3.63) is 65.5 Å². The lowest BCUT2D eigenvalue weighted by Crippen LogP contribution is -2.61. The van der Waals surface area contributed by atoms with Gasteiger partial charge in [0.25, 0.3) is 5.91 Å². The highest BCUT2D eigenvalue weighted by Crippen LogP contribution is 2.41. The van der Waals surface area contributed by atoms with Crippen LogP contribution in [-0.2, 0) is 11.3 Å². The molecular formula is C21H19FN6O2. The van der Waals surface area contributed by atoms with E-state index >= 15 is 0 Å². The number of aryl methyl sites for hydroxylation is 1. The maximum atomic E-state index is 13.4. The van der Waals surface area contributed by atoms with Crippen molar-refractivity contribution in [1.29, 1.82) is 0 Å². The van der Waals surface area contributed by atoms with Crippen molar-refractivity contribution in [3.8, 4) is 11.4 Å². The molecule has 2 aliphatic heterocycles. The van der Waals surface area contributed by atoms with Crippen molar-refractivity contribution in [2.75, 3.05) is 11.9 Å². The van der Waals surface area contributed by atoms with Crippen molar-refractivity contribution in [2.45, 2.75) is 25.7 Å². The Morgan fingerprint density at radius 2 is 1.73 bits per heavy atom. The Labute approximate surface area is 171 Å². The molecule has 8 nitrogen and oxygen atoms in total. The summed E-state index contributed by atoms with van der Waals surface area (Å²) in [5.74, 6) is 0.219. The molecule has 2 aliphatic rings. The Morgan fingerprint density at radius 1 is 1.03 bits per heavy atom. The maximum absolute atomic E-state index is 13.4. The molecule has 0 radical (unpaired) electrons. The van der Waals surface area contributed by atoms with Gasteiger partial charge in [0.05, 0.1) is 0 Å². The van der Waals surface area contributed by atoms with Crippen LogP contribution < -0.4 is 10.2 Å². The predicted octanol–water partition coefficient (Wildman–Crippen LogP) is 2.46. The smallest absolute Gasteiger partial charge is 0.321 e. The van der Waals surface area contributed by atoms with Gasteiger partial charge in [-0.05, 0) is 36.8 Å². The third-order valence-corrected chi connectivity index (χ3v) is 5.61. The SMILES string of the molecule is Cc1ccc(CN2c3nnc(-c4ccc(F)cc4)n3C3C2C(=O)NC(=O)N3C)cc1. The van der Waals surface area contributed by atoms with Gasteiger partial charge in [-0.2, -0.15) is 0 Å².